The first kappa shape index (κ1) is 17.6. The van der Waals surface area contributed by atoms with Crippen LogP contribution < -0.4 is 5.32 Å². The van der Waals surface area contributed by atoms with Crippen LogP contribution in [0.5, 0.6) is 0 Å². The summed E-state index contributed by atoms with van der Waals surface area (Å²) in [7, 11) is -2.25. The van der Waals surface area contributed by atoms with Crippen molar-refractivity contribution in [1.29, 1.82) is 0 Å². The van der Waals surface area contributed by atoms with Crippen LogP contribution in [0.4, 0.5) is 5.13 Å². The van der Waals surface area contributed by atoms with Crippen LogP contribution in [0, 0.1) is 0 Å². The first-order chi connectivity index (χ1) is 9.68. The molecule has 0 aromatic carbocycles. The maximum Gasteiger partial charge on any atom is 0.311 e. The highest BCUT2D eigenvalue weighted by Gasteiger charge is 2.31. The van der Waals surface area contributed by atoms with E-state index in [1.807, 2.05) is 0 Å². The van der Waals surface area contributed by atoms with Crippen molar-refractivity contribution in [3.05, 3.63) is 11.1 Å². The van der Waals surface area contributed by atoms with Gasteiger partial charge in [0.15, 0.2) is 15.0 Å². The van der Waals surface area contributed by atoms with Crippen LogP contribution in [0.3, 0.4) is 0 Å². The highest BCUT2D eigenvalue weighted by molar-refractivity contribution is 7.93. The van der Waals surface area contributed by atoms with Crippen LogP contribution in [0.2, 0.25) is 0 Å². The zero-order valence-electron chi connectivity index (χ0n) is 12.2. The van der Waals surface area contributed by atoms with Gasteiger partial charge < -0.3 is 10.1 Å². The first-order valence-electron chi connectivity index (χ1n) is 6.23. The lowest BCUT2D eigenvalue weighted by Gasteiger charge is -2.14. The monoisotopic (exact) mass is 334 g/mol. The summed E-state index contributed by atoms with van der Waals surface area (Å²) in [4.78, 5) is 27.1. The summed E-state index contributed by atoms with van der Waals surface area (Å²) in [6.07, 6.45) is 0.00270. The lowest BCUT2D eigenvalue weighted by molar-refractivity contribution is -0.139. The van der Waals surface area contributed by atoms with Crippen LogP contribution in [-0.4, -0.2) is 42.9 Å². The summed E-state index contributed by atoms with van der Waals surface area (Å²) < 4.78 is 28.3. The Bertz CT molecular complexity index is 621. The number of rotatable bonds is 6. The predicted octanol–water partition coefficient (Wildman–Crippen LogP) is 1.01. The van der Waals surface area contributed by atoms with Gasteiger partial charge in [-0.05, 0) is 20.8 Å². The second kappa shape index (κ2) is 6.99. The number of anilines is 1. The molecule has 0 aliphatic carbocycles. The van der Waals surface area contributed by atoms with Crippen molar-refractivity contribution in [2.45, 2.75) is 37.7 Å². The standard InChI is InChI=1S/C12H18N2O5S2/c1-7(2)21(17,18)8(3)11(16)14-12-13-9(6-20-12)5-10(15)19-4/h6-8H,5H2,1-4H3,(H,13,14,16)/t8-/m0/s1. The molecule has 1 N–H and O–H groups in total. The molecule has 0 spiro atoms. The number of hydrogen-bond acceptors (Lipinski definition) is 7. The van der Waals surface area contributed by atoms with Crippen molar-refractivity contribution in [3.8, 4) is 0 Å². The van der Waals surface area contributed by atoms with Gasteiger partial charge >= 0.3 is 5.97 Å². The Morgan fingerprint density at radius 1 is 1.38 bits per heavy atom. The number of aromatic nitrogens is 1. The fraction of sp³-hybridized carbons (Fsp3) is 0.583. The summed E-state index contributed by atoms with van der Waals surface area (Å²) in [6.45, 7) is 4.39. The molecule has 1 amide bonds. The molecule has 0 radical (unpaired) electrons. The molecule has 0 fully saturated rings. The topological polar surface area (TPSA) is 102 Å². The predicted molar refractivity (Wildman–Crippen MR) is 80.0 cm³/mol. The normalized spacial score (nSPS) is 13.0. The molecule has 0 unspecified atom stereocenters. The molecule has 0 saturated heterocycles. The maximum absolute atomic E-state index is 11.9. The fourth-order valence-corrected chi connectivity index (χ4v) is 3.32. The first-order valence-corrected chi connectivity index (χ1v) is 8.72. The van der Waals surface area contributed by atoms with E-state index < -0.39 is 32.2 Å². The van der Waals surface area contributed by atoms with Crippen molar-refractivity contribution in [3.63, 3.8) is 0 Å². The highest BCUT2D eigenvalue weighted by atomic mass is 32.2. The summed E-state index contributed by atoms with van der Waals surface area (Å²) in [6, 6.07) is 0. The van der Waals surface area contributed by atoms with Gasteiger partial charge in [0.05, 0.1) is 24.5 Å². The van der Waals surface area contributed by atoms with Crippen LogP contribution >= 0.6 is 11.3 Å². The third-order valence-corrected chi connectivity index (χ3v) is 6.17. The zero-order chi connectivity index (χ0) is 16.2. The molecular formula is C12H18N2O5S2. The summed E-state index contributed by atoms with van der Waals surface area (Å²) >= 11 is 1.12. The molecular weight excluding hydrogens is 316 g/mol. The Kier molecular flexibility index (Phi) is 5.85. The maximum atomic E-state index is 11.9. The number of nitrogens with zero attached hydrogens (tertiary/aromatic N) is 1. The minimum absolute atomic E-state index is 0.00270. The van der Waals surface area contributed by atoms with Crippen LogP contribution in [0.15, 0.2) is 5.38 Å². The van der Waals surface area contributed by atoms with E-state index in [0.717, 1.165) is 11.3 Å². The third-order valence-electron chi connectivity index (χ3n) is 2.85. The molecule has 0 bridgehead atoms. The molecule has 7 nitrogen and oxygen atoms in total. The summed E-state index contributed by atoms with van der Waals surface area (Å²) in [5, 5.41) is 2.51. The van der Waals surface area contributed by atoms with Gasteiger partial charge in [-0.1, -0.05) is 0 Å². The minimum Gasteiger partial charge on any atom is -0.469 e. The van der Waals surface area contributed by atoms with Crippen molar-refractivity contribution < 1.29 is 22.7 Å². The third kappa shape index (κ3) is 4.50. The zero-order valence-corrected chi connectivity index (χ0v) is 13.9. The van der Waals surface area contributed by atoms with E-state index in [1.54, 1.807) is 5.38 Å². The number of thiazole rings is 1. The number of carbonyl (C=O) groups is 2. The Labute approximate surface area is 127 Å². The van der Waals surface area contributed by atoms with Crippen molar-refractivity contribution in [1.82, 2.24) is 4.98 Å². The lowest BCUT2D eigenvalue weighted by atomic mass is 10.3. The Morgan fingerprint density at radius 3 is 2.52 bits per heavy atom. The molecule has 1 heterocycles. The molecule has 0 saturated carbocycles. The Balaban J connectivity index is 2.74. The van der Waals surface area contributed by atoms with E-state index >= 15 is 0 Å². The number of esters is 1. The second-order valence-corrected chi connectivity index (χ2v) is 8.35. The van der Waals surface area contributed by atoms with Gasteiger partial charge in [0, 0.05) is 5.38 Å². The molecule has 0 aliphatic heterocycles. The molecule has 9 heteroatoms. The summed E-state index contributed by atoms with van der Waals surface area (Å²) in [5.74, 6) is -1.07. The van der Waals surface area contributed by atoms with Gasteiger partial charge in [-0.3, -0.25) is 9.59 Å². The van der Waals surface area contributed by atoms with E-state index in [-0.39, 0.29) is 11.6 Å². The van der Waals surface area contributed by atoms with Crippen molar-refractivity contribution in [2.75, 3.05) is 12.4 Å². The number of carbonyl (C=O) groups excluding carboxylic acids is 2. The Hall–Kier alpha value is -1.48. The fourth-order valence-electron chi connectivity index (χ4n) is 1.43. The SMILES string of the molecule is COC(=O)Cc1csc(NC(=O)[C@H](C)S(=O)(=O)C(C)C)n1. The van der Waals surface area contributed by atoms with Gasteiger partial charge in [-0.2, -0.15) is 0 Å². The van der Waals surface area contributed by atoms with Crippen LogP contribution in [0.1, 0.15) is 26.5 Å². The van der Waals surface area contributed by atoms with Crippen molar-refractivity contribution in [2.24, 2.45) is 0 Å². The highest BCUT2D eigenvalue weighted by Crippen LogP contribution is 2.18. The number of nitrogens with one attached hydrogen (secondary N) is 1. The average Bonchev–Trinajstić information content (AvgIpc) is 2.84. The van der Waals surface area contributed by atoms with Gasteiger partial charge in [-0.25, -0.2) is 13.4 Å². The summed E-state index contributed by atoms with van der Waals surface area (Å²) in [5.41, 5.74) is 0.460. The van der Waals surface area contributed by atoms with Crippen LogP contribution in [0.25, 0.3) is 0 Å². The molecule has 1 atom stereocenters. The van der Waals surface area contributed by atoms with Gasteiger partial charge in [-0.15, -0.1) is 11.3 Å². The second-order valence-electron chi connectivity index (χ2n) is 4.67. The largest absolute Gasteiger partial charge is 0.469 e. The number of amides is 1. The number of methoxy groups -OCH3 is 1. The van der Waals surface area contributed by atoms with E-state index in [4.69, 9.17) is 0 Å². The van der Waals surface area contributed by atoms with E-state index in [9.17, 15) is 18.0 Å². The molecule has 1 rings (SSSR count). The van der Waals surface area contributed by atoms with Gasteiger partial charge in [0.25, 0.3) is 0 Å². The number of sulfone groups is 1. The van der Waals surface area contributed by atoms with Gasteiger partial charge in [0.2, 0.25) is 5.91 Å². The quantitative estimate of drug-likeness (QED) is 0.779. The Morgan fingerprint density at radius 2 is 2.00 bits per heavy atom. The van der Waals surface area contributed by atoms with E-state index in [1.165, 1.54) is 27.9 Å². The van der Waals surface area contributed by atoms with E-state index in [0.29, 0.717) is 5.69 Å². The number of hydrogen-bond donors (Lipinski definition) is 1. The lowest BCUT2D eigenvalue weighted by Crippen LogP contribution is -2.36. The van der Waals surface area contributed by atoms with Crippen molar-refractivity contribution >= 4 is 38.2 Å². The molecule has 21 heavy (non-hydrogen) atoms. The molecule has 1 aromatic heterocycles. The molecule has 1 aromatic rings. The minimum atomic E-state index is -3.52. The van der Waals surface area contributed by atoms with Crippen LogP contribution in [-0.2, 0) is 30.6 Å². The average molecular weight is 334 g/mol. The molecule has 0 aliphatic rings. The smallest absolute Gasteiger partial charge is 0.311 e. The van der Waals surface area contributed by atoms with E-state index in [2.05, 4.69) is 15.0 Å². The van der Waals surface area contributed by atoms with Gasteiger partial charge in [0.1, 0.15) is 5.25 Å². The molecule has 118 valence electrons. The number of ether oxygens (including phenoxy) is 1.